The minimum absolute atomic E-state index is 0.0661. The van der Waals surface area contributed by atoms with Gasteiger partial charge in [0.1, 0.15) is 18.1 Å². The molecule has 0 aliphatic rings. The topological polar surface area (TPSA) is 58.5 Å². The molecule has 0 aliphatic carbocycles. The van der Waals surface area contributed by atoms with Crippen LogP contribution in [0.4, 0.5) is 5.82 Å². The van der Waals surface area contributed by atoms with Crippen molar-refractivity contribution in [1.29, 1.82) is 0 Å². The molecule has 0 amide bonds. The van der Waals surface area contributed by atoms with Crippen molar-refractivity contribution in [2.45, 2.75) is 20.1 Å². The van der Waals surface area contributed by atoms with E-state index in [1.165, 1.54) is 6.07 Å². The van der Waals surface area contributed by atoms with Gasteiger partial charge in [0.2, 0.25) is 0 Å². The fourth-order valence-corrected chi connectivity index (χ4v) is 3.80. The van der Waals surface area contributed by atoms with Crippen molar-refractivity contribution >= 4 is 29.0 Å². The minimum Gasteiger partial charge on any atom is -0.506 e. The van der Waals surface area contributed by atoms with Crippen molar-refractivity contribution in [3.63, 3.8) is 0 Å². The monoisotopic (exact) mass is 479 g/mol. The lowest BCUT2D eigenvalue weighted by Crippen LogP contribution is -2.23. The number of phenolic OH excluding ortho intramolecular Hbond substituents is 1. The van der Waals surface area contributed by atoms with Crippen molar-refractivity contribution in [3.8, 4) is 22.8 Å². The van der Waals surface area contributed by atoms with Crippen LogP contribution in [0.1, 0.15) is 18.1 Å². The molecule has 168 valence electrons. The Balaban J connectivity index is 1.42. The van der Waals surface area contributed by atoms with E-state index in [0.29, 0.717) is 29.4 Å². The highest BCUT2D eigenvalue weighted by Crippen LogP contribution is 2.35. The second-order valence-electron chi connectivity index (χ2n) is 7.49. The number of hydrogen-bond donors (Lipinski definition) is 1. The second kappa shape index (κ2) is 10.6. The van der Waals surface area contributed by atoms with Crippen LogP contribution < -0.4 is 9.64 Å². The van der Waals surface area contributed by atoms with Gasteiger partial charge in [-0.25, -0.2) is 0 Å². The molecule has 1 N–H and O–H groups in total. The highest BCUT2D eigenvalue weighted by Gasteiger charge is 2.13. The van der Waals surface area contributed by atoms with Crippen molar-refractivity contribution in [2.24, 2.45) is 0 Å². The van der Waals surface area contributed by atoms with E-state index >= 15 is 0 Å². The van der Waals surface area contributed by atoms with Crippen LogP contribution in [0.3, 0.4) is 0 Å². The van der Waals surface area contributed by atoms with Crippen LogP contribution in [0, 0.1) is 0 Å². The summed E-state index contributed by atoms with van der Waals surface area (Å²) in [7, 11) is 0. The van der Waals surface area contributed by atoms with E-state index in [2.05, 4.69) is 34.2 Å². The van der Waals surface area contributed by atoms with Gasteiger partial charge in [-0.3, -0.25) is 0 Å². The molecule has 1 aromatic heterocycles. The lowest BCUT2D eigenvalue weighted by atomic mass is 10.1. The van der Waals surface area contributed by atoms with E-state index in [4.69, 9.17) is 27.9 Å². The van der Waals surface area contributed by atoms with E-state index in [0.717, 1.165) is 29.2 Å². The standard InChI is InChI=1S/C26H23Cl2N3O2/c1-2-31(16-18-8-10-20(11-9-18)33-17-19-6-4-3-5-7-19)26-13-12-24(29-30-26)21-14-23(28)25(32)15-22(21)27/h3-15,32H,2,16-17H2,1H3. The summed E-state index contributed by atoms with van der Waals surface area (Å²) in [5.74, 6) is 1.52. The molecule has 0 fully saturated rings. The fraction of sp³-hybridized carbons (Fsp3) is 0.154. The van der Waals surface area contributed by atoms with E-state index in [-0.39, 0.29) is 10.8 Å². The predicted octanol–water partition coefficient (Wildman–Crippen LogP) is 6.76. The summed E-state index contributed by atoms with van der Waals surface area (Å²) in [4.78, 5) is 2.13. The first-order chi connectivity index (χ1) is 16.0. The van der Waals surface area contributed by atoms with Gasteiger partial charge in [-0.2, -0.15) is 0 Å². The number of benzene rings is 3. The van der Waals surface area contributed by atoms with Crippen molar-refractivity contribution in [3.05, 3.63) is 100 Å². The number of rotatable bonds is 8. The van der Waals surface area contributed by atoms with Gasteiger partial charge in [0.25, 0.3) is 0 Å². The molecule has 0 aliphatic heterocycles. The molecular weight excluding hydrogens is 457 g/mol. The highest BCUT2D eigenvalue weighted by molar-refractivity contribution is 6.36. The summed E-state index contributed by atoms with van der Waals surface area (Å²) < 4.78 is 5.87. The zero-order chi connectivity index (χ0) is 23.2. The molecule has 33 heavy (non-hydrogen) atoms. The summed E-state index contributed by atoms with van der Waals surface area (Å²) in [6.07, 6.45) is 0. The van der Waals surface area contributed by atoms with Gasteiger partial charge in [-0.1, -0.05) is 65.7 Å². The number of nitrogens with zero attached hydrogens (tertiary/aromatic N) is 3. The molecule has 1 heterocycles. The number of halogens is 2. The Morgan fingerprint density at radius 1 is 0.848 bits per heavy atom. The van der Waals surface area contributed by atoms with Crippen LogP contribution >= 0.6 is 23.2 Å². The quantitative estimate of drug-likeness (QED) is 0.302. The molecule has 0 radical (unpaired) electrons. The third kappa shape index (κ3) is 5.75. The molecule has 0 atom stereocenters. The number of ether oxygens (including phenoxy) is 1. The molecule has 4 rings (SSSR count). The van der Waals surface area contributed by atoms with Gasteiger partial charge in [-0.05, 0) is 48.4 Å². The average Bonchev–Trinajstić information content (AvgIpc) is 2.85. The van der Waals surface area contributed by atoms with Gasteiger partial charge in [0.15, 0.2) is 5.82 Å². The number of phenols is 1. The maximum absolute atomic E-state index is 9.69. The summed E-state index contributed by atoms with van der Waals surface area (Å²) >= 11 is 12.3. The third-order valence-electron chi connectivity index (χ3n) is 5.21. The van der Waals surface area contributed by atoms with Gasteiger partial charge >= 0.3 is 0 Å². The third-order valence-corrected chi connectivity index (χ3v) is 5.83. The molecule has 5 nitrogen and oxygen atoms in total. The van der Waals surface area contributed by atoms with Crippen molar-refractivity contribution < 1.29 is 9.84 Å². The Morgan fingerprint density at radius 2 is 1.61 bits per heavy atom. The van der Waals surface area contributed by atoms with Crippen LogP contribution in [-0.4, -0.2) is 21.8 Å². The largest absolute Gasteiger partial charge is 0.506 e. The van der Waals surface area contributed by atoms with E-state index in [1.807, 2.05) is 54.6 Å². The molecule has 0 bridgehead atoms. The zero-order valence-corrected chi connectivity index (χ0v) is 19.6. The second-order valence-corrected chi connectivity index (χ2v) is 8.31. The van der Waals surface area contributed by atoms with Gasteiger partial charge in [0.05, 0.1) is 15.7 Å². The van der Waals surface area contributed by atoms with E-state index in [1.54, 1.807) is 6.07 Å². The first-order valence-electron chi connectivity index (χ1n) is 10.6. The molecular formula is C26H23Cl2N3O2. The highest BCUT2D eigenvalue weighted by atomic mass is 35.5. The number of aromatic nitrogens is 2. The number of anilines is 1. The molecule has 0 saturated heterocycles. The number of hydrogen-bond acceptors (Lipinski definition) is 5. The van der Waals surface area contributed by atoms with Gasteiger partial charge < -0.3 is 14.7 Å². The SMILES string of the molecule is CCN(Cc1ccc(OCc2ccccc2)cc1)c1ccc(-c2cc(Cl)c(O)cc2Cl)nn1. The Hall–Kier alpha value is -3.28. The maximum atomic E-state index is 9.69. The molecule has 0 saturated carbocycles. The van der Waals surface area contributed by atoms with Crippen LogP contribution in [0.2, 0.25) is 10.0 Å². The lowest BCUT2D eigenvalue weighted by molar-refractivity contribution is 0.306. The zero-order valence-electron chi connectivity index (χ0n) is 18.1. The Labute approximate surface area is 203 Å². The van der Waals surface area contributed by atoms with Gasteiger partial charge in [0, 0.05) is 24.7 Å². The predicted molar refractivity (Wildman–Crippen MR) is 133 cm³/mol. The Bertz CT molecular complexity index is 1200. The van der Waals surface area contributed by atoms with Crippen molar-refractivity contribution in [2.75, 3.05) is 11.4 Å². The number of aromatic hydroxyl groups is 1. The molecule has 3 aromatic carbocycles. The fourth-order valence-electron chi connectivity index (χ4n) is 3.38. The summed E-state index contributed by atoms with van der Waals surface area (Å²) in [5, 5.41) is 19.0. The summed E-state index contributed by atoms with van der Waals surface area (Å²) in [6, 6.07) is 24.9. The normalized spacial score (nSPS) is 10.8. The van der Waals surface area contributed by atoms with Crippen LogP contribution in [0.5, 0.6) is 11.5 Å². The summed E-state index contributed by atoms with van der Waals surface area (Å²) in [5.41, 5.74) is 3.48. The molecule has 7 heteroatoms. The Kier molecular flexibility index (Phi) is 7.33. The molecule has 0 spiro atoms. The average molecular weight is 480 g/mol. The van der Waals surface area contributed by atoms with E-state index < -0.39 is 0 Å². The van der Waals surface area contributed by atoms with Gasteiger partial charge in [-0.15, -0.1) is 10.2 Å². The Morgan fingerprint density at radius 3 is 2.27 bits per heavy atom. The maximum Gasteiger partial charge on any atom is 0.151 e. The van der Waals surface area contributed by atoms with Crippen LogP contribution in [0.25, 0.3) is 11.3 Å². The molecule has 4 aromatic rings. The van der Waals surface area contributed by atoms with Crippen molar-refractivity contribution in [1.82, 2.24) is 10.2 Å². The first-order valence-corrected chi connectivity index (χ1v) is 11.3. The smallest absolute Gasteiger partial charge is 0.151 e. The van der Waals surface area contributed by atoms with Crippen LogP contribution in [0.15, 0.2) is 78.9 Å². The van der Waals surface area contributed by atoms with E-state index in [9.17, 15) is 5.11 Å². The van der Waals surface area contributed by atoms with Crippen LogP contribution in [-0.2, 0) is 13.2 Å². The minimum atomic E-state index is -0.0661. The summed E-state index contributed by atoms with van der Waals surface area (Å²) in [6.45, 7) is 4.07. The first kappa shape index (κ1) is 22.9. The lowest BCUT2D eigenvalue weighted by Gasteiger charge is -2.22. The molecule has 0 unspecified atom stereocenters.